The summed E-state index contributed by atoms with van der Waals surface area (Å²) in [5.74, 6) is -0.254. The molecule has 0 atom stereocenters. The minimum absolute atomic E-state index is 0.254. The molecule has 2 aromatic rings. The van der Waals surface area contributed by atoms with Gasteiger partial charge in [0.15, 0.2) is 12.0 Å². The Labute approximate surface area is 112 Å². The van der Waals surface area contributed by atoms with E-state index in [4.69, 9.17) is 9.15 Å². The topological polar surface area (TPSA) is 55.6 Å². The second-order valence-electron chi connectivity index (χ2n) is 5.06. The zero-order chi connectivity index (χ0) is 14.0. The molecule has 0 saturated heterocycles. The summed E-state index contributed by atoms with van der Waals surface area (Å²) in [7, 11) is 3.29. The number of carbonyl (C=O) groups is 1. The number of rotatable bonds is 4. The van der Waals surface area contributed by atoms with Crippen molar-refractivity contribution >= 4 is 17.1 Å². The second-order valence-corrected chi connectivity index (χ2v) is 5.06. The monoisotopic (exact) mass is 262 g/mol. The average molecular weight is 262 g/mol. The van der Waals surface area contributed by atoms with Gasteiger partial charge >= 0.3 is 5.97 Å². The van der Waals surface area contributed by atoms with Crippen LogP contribution in [0.25, 0.3) is 11.1 Å². The normalized spacial score (nSPS) is 12.1. The van der Waals surface area contributed by atoms with Gasteiger partial charge in [-0.25, -0.2) is 4.98 Å². The molecule has 0 aliphatic rings. The predicted molar refractivity (Wildman–Crippen MR) is 71.6 cm³/mol. The number of benzene rings is 1. The molecule has 0 aliphatic carbocycles. The van der Waals surface area contributed by atoms with Crippen molar-refractivity contribution in [3.05, 3.63) is 30.2 Å². The van der Waals surface area contributed by atoms with E-state index >= 15 is 0 Å². The first-order valence-electron chi connectivity index (χ1n) is 6.07. The average Bonchev–Trinajstić information content (AvgIpc) is 2.84. The van der Waals surface area contributed by atoms with E-state index in [-0.39, 0.29) is 5.97 Å². The third-order valence-electron chi connectivity index (χ3n) is 3.45. The van der Waals surface area contributed by atoms with Crippen LogP contribution in [-0.4, -0.2) is 35.5 Å². The Balaban J connectivity index is 2.17. The number of oxazole rings is 1. The molecule has 1 aromatic heterocycles. The zero-order valence-electron chi connectivity index (χ0n) is 11.6. The number of methoxy groups -OCH3 is 1. The van der Waals surface area contributed by atoms with Gasteiger partial charge in [0.2, 0.25) is 0 Å². The van der Waals surface area contributed by atoms with Gasteiger partial charge in [-0.2, -0.15) is 0 Å². The smallest absolute Gasteiger partial charge is 0.325 e. The Morgan fingerprint density at radius 3 is 2.89 bits per heavy atom. The Morgan fingerprint density at radius 1 is 1.47 bits per heavy atom. The van der Waals surface area contributed by atoms with Crippen molar-refractivity contribution in [2.45, 2.75) is 25.9 Å². The lowest BCUT2D eigenvalue weighted by Gasteiger charge is -2.32. The number of fused-ring (bicyclic) bond motifs is 1. The first-order valence-corrected chi connectivity index (χ1v) is 6.07. The van der Waals surface area contributed by atoms with Crippen molar-refractivity contribution in [3.63, 3.8) is 0 Å². The van der Waals surface area contributed by atoms with Crippen molar-refractivity contribution in [1.82, 2.24) is 9.88 Å². The van der Waals surface area contributed by atoms with E-state index in [1.807, 2.05) is 44.0 Å². The van der Waals surface area contributed by atoms with Crippen LogP contribution in [0.4, 0.5) is 0 Å². The van der Waals surface area contributed by atoms with Gasteiger partial charge in [-0.1, -0.05) is 6.07 Å². The van der Waals surface area contributed by atoms with E-state index in [0.29, 0.717) is 6.54 Å². The molecule has 0 radical (unpaired) electrons. The summed E-state index contributed by atoms with van der Waals surface area (Å²) in [4.78, 5) is 17.8. The van der Waals surface area contributed by atoms with E-state index in [9.17, 15) is 4.79 Å². The number of hydrogen-bond donors (Lipinski definition) is 0. The van der Waals surface area contributed by atoms with Gasteiger partial charge in [0.1, 0.15) is 11.1 Å². The first-order chi connectivity index (χ1) is 8.95. The molecular weight excluding hydrogens is 244 g/mol. The summed E-state index contributed by atoms with van der Waals surface area (Å²) in [6, 6.07) is 5.83. The van der Waals surface area contributed by atoms with Gasteiger partial charge in [0, 0.05) is 6.54 Å². The first kappa shape index (κ1) is 13.5. The molecule has 5 nitrogen and oxygen atoms in total. The molecule has 0 saturated carbocycles. The van der Waals surface area contributed by atoms with Gasteiger partial charge in [0.25, 0.3) is 0 Å². The highest BCUT2D eigenvalue weighted by molar-refractivity contribution is 5.79. The zero-order valence-corrected chi connectivity index (χ0v) is 11.6. The molecule has 19 heavy (non-hydrogen) atoms. The minimum atomic E-state index is -0.675. The number of carbonyl (C=O) groups excluding carboxylic acids is 1. The van der Waals surface area contributed by atoms with Crippen LogP contribution < -0.4 is 0 Å². The van der Waals surface area contributed by atoms with Crippen molar-refractivity contribution in [3.8, 4) is 0 Å². The maximum absolute atomic E-state index is 11.7. The fraction of sp³-hybridized carbons (Fsp3) is 0.429. The molecule has 0 bridgehead atoms. The summed E-state index contributed by atoms with van der Waals surface area (Å²) in [5.41, 5.74) is 1.97. The maximum atomic E-state index is 11.7. The van der Waals surface area contributed by atoms with Crippen LogP contribution in [-0.2, 0) is 16.1 Å². The van der Waals surface area contributed by atoms with Crippen LogP contribution in [0, 0.1) is 0 Å². The molecule has 0 unspecified atom stereocenters. The number of esters is 1. The standard InChI is InChI=1S/C14H18N2O3/c1-14(2,13(17)18-4)16(3)8-10-5-6-11-12(7-10)19-9-15-11/h5-7,9H,8H2,1-4H3. The molecular formula is C14H18N2O3. The molecule has 2 rings (SSSR count). The van der Waals surface area contributed by atoms with E-state index < -0.39 is 5.54 Å². The third kappa shape index (κ3) is 2.61. The second kappa shape index (κ2) is 5.01. The highest BCUT2D eigenvalue weighted by Gasteiger charge is 2.33. The fourth-order valence-electron chi connectivity index (χ4n) is 1.87. The Hall–Kier alpha value is -1.88. The summed E-state index contributed by atoms with van der Waals surface area (Å²) in [6.07, 6.45) is 1.43. The van der Waals surface area contributed by atoms with E-state index in [0.717, 1.165) is 16.7 Å². The lowest BCUT2D eigenvalue weighted by molar-refractivity contribution is -0.152. The Kier molecular flexibility index (Phi) is 3.57. The molecule has 0 fully saturated rings. The van der Waals surface area contributed by atoms with E-state index in [2.05, 4.69) is 4.98 Å². The van der Waals surface area contributed by atoms with Crippen LogP contribution in [0.2, 0.25) is 0 Å². The molecule has 0 spiro atoms. The van der Waals surface area contributed by atoms with Crippen LogP contribution in [0.5, 0.6) is 0 Å². The van der Waals surface area contributed by atoms with Gasteiger partial charge < -0.3 is 9.15 Å². The van der Waals surface area contributed by atoms with Gasteiger partial charge in [-0.15, -0.1) is 0 Å². The van der Waals surface area contributed by atoms with E-state index in [1.165, 1.54) is 13.5 Å². The number of aromatic nitrogens is 1. The lowest BCUT2D eigenvalue weighted by atomic mass is 10.0. The van der Waals surface area contributed by atoms with Gasteiger partial charge in [-0.05, 0) is 38.6 Å². The molecule has 1 heterocycles. The summed E-state index contributed by atoms with van der Waals surface area (Å²) in [6.45, 7) is 4.30. The Bertz CT molecular complexity index is 589. The number of hydrogen-bond acceptors (Lipinski definition) is 5. The largest absolute Gasteiger partial charge is 0.468 e. The summed E-state index contributed by atoms with van der Waals surface area (Å²) >= 11 is 0. The van der Waals surface area contributed by atoms with Gasteiger partial charge in [0.05, 0.1) is 7.11 Å². The van der Waals surface area contributed by atoms with Crippen LogP contribution >= 0.6 is 0 Å². The molecule has 0 amide bonds. The SMILES string of the molecule is COC(=O)C(C)(C)N(C)Cc1ccc2ncoc2c1. The number of likely N-dealkylation sites (N-methyl/N-ethyl adjacent to an activating group) is 1. The molecule has 0 N–H and O–H groups in total. The quantitative estimate of drug-likeness (QED) is 0.791. The highest BCUT2D eigenvalue weighted by Crippen LogP contribution is 2.20. The Morgan fingerprint density at radius 2 is 2.21 bits per heavy atom. The van der Waals surface area contributed by atoms with Crippen LogP contribution in [0.3, 0.4) is 0 Å². The van der Waals surface area contributed by atoms with Gasteiger partial charge in [-0.3, -0.25) is 9.69 Å². The molecule has 102 valence electrons. The number of ether oxygens (including phenoxy) is 1. The lowest BCUT2D eigenvalue weighted by Crippen LogP contribution is -2.48. The summed E-state index contributed by atoms with van der Waals surface area (Å²) in [5, 5.41) is 0. The number of nitrogens with zero attached hydrogens (tertiary/aromatic N) is 2. The minimum Gasteiger partial charge on any atom is -0.468 e. The highest BCUT2D eigenvalue weighted by atomic mass is 16.5. The fourth-order valence-corrected chi connectivity index (χ4v) is 1.87. The molecule has 5 heteroatoms. The van der Waals surface area contributed by atoms with Crippen molar-refractivity contribution in [2.75, 3.05) is 14.2 Å². The predicted octanol–water partition coefficient (Wildman–Crippen LogP) is 2.21. The van der Waals surface area contributed by atoms with Crippen molar-refractivity contribution in [1.29, 1.82) is 0 Å². The third-order valence-corrected chi connectivity index (χ3v) is 3.45. The molecule has 0 aliphatic heterocycles. The maximum Gasteiger partial charge on any atom is 0.325 e. The van der Waals surface area contributed by atoms with Crippen molar-refractivity contribution < 1.29 is 13.9 Å². The summed E-state index contributed by atoms with van der Waals surface area (Å²) < 4.78 is 10.1. The van der Waals surface area contributed by atoms with Crippen molar-refractivity contribution in [2.24, 2.45) is 0 Å². The molecule has 1 aromatic carbocycles. The van der Waals surface area contributed by atoms with Crippen LogP contribution in [0.1, 0.15) is 19.4 Å². The van der Waals surface area contributed by atoms with Crippen LogP contribution in [0.15, 0.2) is 29.0 Å². The van der Waals surface area contributed by atoms with E-state index in [1.54, 1.807) is 0 Å².